The number of nitrogens with zero attached hydrogens (tertiary/aromatic N) is 2. The fourth-order valence-corrected chi connectivity index (χ4v) is 2.36. The molecule has 0 aliphatic rings. The minimum atomic E-state index is -0.176. The van der Waals surface area contributed by atoms with Gasteiger partial charge in [-0.25, -0.2) is 0 Å². The second-order valence-electron chi connectivity index (χ2n) is 3.76. The molecule has 6 heteroatoms. The molecule has 1 N–H and O–H groups in total. The number of carbonyl (C=O) groups excluding carboxylic acids is 1. The van der Waals surface area contributed by atoms with Crippen molar-refractivity contribution in [3.8, 4) is 10.6 Å². The number of aromatic nitrogens is 2. The van der Waals surface area contributed by atoms with Crippen LogP contribution in [0.2, 0.25) is 0 Å². The van der Waals surface area contributed by atoms with E-state index in [4.69, 9.17) is 4.74 Å². The molecule has 0 unspecified atom stereocenters. The van der Waals surface area contributed by atoms with Crippen LogP contribution in [0, 0.1) is 0 Å². The predicted octanol–water partition coefficient (Wildman–Crippen LogP) is 1.52. The fraction of sp³-hybridized carbons (Fsp3) is 0.333. The summed E-state index contributed by atoms with van der Waals surface area (Å²) in [5, 5.41) is 8.97. The van der Waals surface area contributed by atoms with Gasteiger partial charge in [-0.1, -0.05) is 6.07 Å². The average molecular weight is 265 g/mol. The first-order valence-electron chi connectivity index (χ1n) is 5.57. The average Bonchev–Trinajstić information content (AvgIpc) is 2.97. The summed E-state index contributed by atoms with van der Waals surface area (Å²) >= 11 is 1.62. The Labute approximate surface area is 109 Å². The van der Waals surface area contributed by atoms with Crippen LogP contribution in [0.3, 0.4) is 0 Å². The highest BCUT2D eigenvalue weighted by Crippen LogP contribution is 2.24. The van der Waals surface area contributed by atoms with E-state index >= 15 is 0 Å². The standard InChI is InChI=1S/C12H15N3O2S/c1-15-10(11-4-3-7-18-11)8-9(14-15)12(16)13-5-6-17-2/h3-4,7-8H,5-6H2,1-2H3,(H,13,16). The van der Waals surface area contributed by atoms with Crippen LogP contribution in [0.15, 0.2) is 23.6 Å². The van der Waals surface area contributed by atoms with E-state index in [1.54, 1.807) is 29.2 Å². The van der Waals surface area contributed by atoms with Gasteiger partial charge < -0.3 is 10.1 Å². The molecule has 2 heterocycles. The highest BCUT2D eigenvalue weighted by molar-refractivity contribution is 7.13. The summed E-state index contributed by atoms with van der Waals surface area (Å²) in [4.78, 5) is 12.9. The van der Waals surface area contributed by atoms with Crippen molar-refractivity contribution in [1.82, 2.24) is 15.1 Å². The van der Waals surface area contributed by atoms with E-state index in [1.165, 1.54) is 0 Å². The third-order valence-electron chi connectivity index (χ3n) is 2.48. The molecule has 0 bridgehead atoms. The molecular weight excluding hydrogens is 250 g/mol. The van der Waals surface area contributed by atoms with Crippen LogP contribution in [-0.2, 0) is 11.8 Å². The number of hydrogen-bond donors (Lipinski definition) is 1. The lowest BCUT2D eigenvalue weighted by molar-refractivity contribution is 0.0931. The van der Waals surface area contributed by atoms with E-state index in [0.29, 0.717) is 18.8 Å². The highest BCUT2D eigenvalue weighted by Gasteiger charge is 2.13. The van der Waals surface area contributed by atoms with E-state index in [9.17, 15) is 4.79 Å². The molecule has 1 amide bonds. The summed E-state index contributed by atoms with van der Waals surface area (Å²) in [6.07, 6.45) is 0. The van der Waals surface area contributed by atoms with Gasteiger partial charge in [0.2, 0.25) is 0 Å². The van der Waals surface area contributed by atoms with Gasteiger partial charge in [-0.3, -0.25) is 9.48 Å². The van der Waals surface area contributed by atoms with Crippen molar-refractivity contribution >= 4 is 17.2 Å². The minimum Gasteiger partial charge on any atom is -0.383 e. The Morgan fingerprint density at radius 3 is 3.11 bits per heavy atom. The molecule has 0 atom stereocenters. The molecule has 18 heavy (non-hydrogen) atoms. The van der Waals surface area contributed by atoms with Crippen LogP contribution in [0.5, 0.6) is 0 Å². The number of amides is 1. The summed E-state index contributed by atoms with van der Waals surface area (Å²) in [7, 11) is 3.43. The lowest BCUT2D eigenvalue weighted by Gasteiger charge is -2.00. The van der Waals surface area contributed by atoms with Gasteiger partial charge in [-0.2, -0.15) is 5.10 Å². The molecule has 2 aromatic heterocycles. The first kappa shape index (κ1) is 12.8. The SMILES string of the molecule is COCCNC(=O)c1cc(-c2cccs2)n(C)n1. The Hall–Kier alpha value is -1.66. The molecule has 0 aliphatic heterocycles. The minimum absolute atomic E-state index is 0.176. The third-order valence-corrected chi connectivity index (χ3v) is 3.37. The molecule has 2 aromatic rings. The number of rotatable bonds is 5. The van der Waals surface area contributed by atoms with Crippen molar-refractivity contribution in [1.29, 1.82) is 0 Å². The highest BCUT2D eigenvalue weighted by atomic mass is 32.1. The predicted molar refractivity (Wildman–Crippen MR) is 70.7 cm³/mol. The molecule has 0 spiro atoms. The molecule has 0 fully saturated rings. The maximum Gasteiger partial charge on any atom is 0.271 e. The van der Waals surface area contributed by atoms with E-state index in [1.807, 2.05) is 24.6 Å². The topological polar surface area (TPSA) is 56.1 Å². The first-order valence-corrected chi connectivity index (χ1v) is 6.45. The molecule has 0 saturated carbocycles. The lowest BCUT2D eigenvalue weighted by atomic mass is 10.3. The first-order chi connectivity index (χ1) is 8.72. The fourth-order valence-electron chi connectivity index (χ4n) is 1.59. The summed E-state index contributed by atoms with van der Waals surface area (Å²) in [5.74, 6) is -0.176. The Kier molecular flexibility index (Phi) is 4.11. The van der Waals surface area contributed by atoms with E-state index in [2.05, 4.69) is 10.4 Å². The quantitative estimate of drug-likeness (QED) is 0.834. The third kappa shape index (κ3) is 2.77. The normalized spacial score (nSPS) is 10.6. The van der Waals surface area contributed by atoms with Crippen molar-refractivity contribution in [3.05, 3.63) is 29.3 Å². The number of hydrogen-bond acceptors (Lipinski definition) is 4. The maximum atomic E-state index is 11.8. The molecule has 0 saturated heterocycles. The van der Waals surface area contributed by atoms with Gasteiger partial charge in [0.15, 0.2) is 5.69 Å². The van der Waals surface area contributed by atoms with Gasteiger partial charge in [-0.15, -0.1) is 11.3 Å². The zero-order valence-corrected chi connectivity index (χ0v) is 11.2. The van der Waals surface area contributed by atoms with Crippen LogP contribution in [-0.4, -0.2) is 35.9 Å². The molecular formula is C12H15N3O2S. The van der Waals surface area contributed by atoms with Gasteiger partial charge in [-0.05, 0) is 17.5 Å². The van der Waals surface area contributed by atoms with Crippen LogP contribution in [0.1, 0.15) is 10.5 Å². The number of nitrogens with one attached hydrogen (secondary N) is 1. The largest absolute Gasteiger partial charge is 0.383 e. The van der Waals surface area contributed by atoms with Crippen molar-refractivity contribution in [2.75, 3.05) is 20.3 Å². The van der Waals surface area contributed by atoms with Crippen molar-refractivity contribution in [2.45, 2.75) is 0 Å². The zero-order chi connectivity index (χ0) is 13.0. The molecule has 0 aliphatic carbocycles. The molecule has 5 nitrogen and oxygen atoms in total. The second kappa shape index (κ2) is 5.79. The van der Waals surface area contributed by atoms with Crippen molar-refractivity contribution < 1.29 is 9.53 Å². The zero-order valence-electron chi connectivity index (χ0n) is 10.3. The van der Waals surface area contributed by atoms with Gasteiger partial charge in [0.1, 0.15) is 0 Å². The number of thiophene rings is 1. The van der Waals surface area contributed by atoms with Crippen LogP contribution < -0.4 is 5.32 Å². The maximum absolute atomic E-state index is 11.8. The number of aryl methyl sites for hydroxylation is 1. The molecule has 0 aromatic carbocycles. The van der Waals surface area contributed by atoms with Crippen molar-refractivity contribution in [3.63, 3.8) is 0 Å². The van der Waals surface area contributed by atoms with Gasteiger partial charge in [0.05, 0.1) is 17.2 Å². The summed E-state index contributed by atoms with van der Waals surface area (Å²) in [6.45, 7) is 0.983. The van der Waals surface area contributed by atoms with E-state index < -0.39 is 0 Å². The van der Waals surface area contributed by atoms with Crippen LogP contribution >= 0.6 is 11.3 Å². The Bertz CT molecular complexity index is 519. The van der Waals surface area contributed by atoms with Gasteiger partial charge in [0.25, 0.3) is 5.91 Å². The van der Waals surface area contributed by atoms with Gasteiger partial charge in [0, 0.05) is 20.7 Å². The second-order valence-corrected chi connectivity index (χ2v) is 4.71. The molecule has 96 valence electrons. The lowest BCUT2D eigenvalue weighted by Crippen LogP contribution is -2.27. The molecule has 0 radical (unpaired) electrons. The molecule has 2 rings (SSSR count). The van der Waals surface area contributed by atoms with Crippen LogP contribution in [0.25, 0.3) is 10.6 Å². The van der Waals surface area contributed by atoms with Crippen molar-refractivity contribution in [2.24, 2.45) is 7.05 Å². The Balaban J connectivity index is 2.11. The summed E-state index contributed by atoms with van der Waals surface area (Å²) < 4.78 is 6.60. The monoisotopic (exact) mass is 265 g/mol. The number of ether oxygens (including phenoxy) is 1. The van der Waals surface area contributed by atoms with Crippen LogP contribution in [0.4, 0.5) is 0 Å². The number of methoxy groups -OCH3 is 1. The van der Waals surface area contributed by atoms with Gasteiger partial charge >= 0.3 is 0 Å². The smallest absolute Gasteiger partial charge is 0.271 e. The van der Waals surface area contributed by atoms with E-state index in [-0.39, 0.29) is 5.91 Å². The Morgan fingerprint density at radius 1 is 1.61 bits per heavy atom. The summed E-state index contributed by atoms with van der Waals surface area (Å²) in [6, 6.07) is 5.79. The Morgan fingerprint density at radius 2 is 2.44 bits per heavy atom. The number of carbonyl (C=O) groups is 1. The summed E-state index contributed by atoms with van der Waals surface area (Å²) in [5.41, 5.74) is 1.37. The van der Waals surface area contributed by atoms with E-state index in [0.717, 1.165) is 10.6 Å².